The Hall–Kier alpha value is -1.29. The Kier molecular flexibility index (Phi) is 3.83. The second kappa shape index (κ2) is 5.60. The Balaban J connectivity index is 1.84. The minimum Gasteiger partial charge on any atom is -0.353 e. The van der Waals surface area contributed by atoms with Crippen LogP contribution in [0.3, 0.4) is 0 Å². The van der Waals surface area contributed by atoms with E-state index in [1.165, 1.54) is 35.4 Å². The molecule has 108 valence electrons. The highest BCUT2D eigenvalue weighted by Gasteiger charge is 2.20. The van der Waals surface area contributed by atoms with Crippen molar-refractivity contribution in [3.05, 3.63) is 33.8 Å². The molecule has 2 aromatic rings. The highest BCUT2D eigenvalue weighted by atomic mass is 32.1. The molecule has 1 fully saturated rings. The molecule has 0 saturated heterocycles. The second-order valence-electron chi connectivity index (χ2n) is 5.86. The van der Waals surface area contributed by atoms with Gasteiger partial charge < -0.3 is 9.88 Å². The number of rotatable bonds is 4. The van der Waals surface area contributed by atoms with E-state index in [0.717, 1.165) is 11.6 Å². The van der Waals surface area contributed by atoms with Crippen LogP contribution >= 0.6 is 11.3 Å². The van der Waals surface area contributed by atoms with Crippen molar-refractivity contribution in [1.82, 2.24) is 9.55 Å². The normalized spacial score (nSPS) is 17.6. The Morgan fingerprint density at radius 2 is 2.05 bits per heavy atom. The molecule has 0 amide bonds. The lowest BCUT2D eigenvalue weighted by Crippen LogP contribution is -2.19. The number of thiophene rings is 1. The molecule has 0 spiro atoms. The molecule has 3 nitrogen and oxygen atoms in total. The fourth-order valence-electron chi connectivity index (χ4n) is 2.99. The summed E-state index contributed by atoms with van der Waals surface area (Å²) in [4.78, 5) is 7.45. The summed E-state index contributed by atoms with van der Waals surface area (Å²) in [7, 11) is 0. The third kappa shape index (κ3) is 2.75. The van der Waals surface area contributed by atoms with Crippen LogP contribution in [-0.2, 0) is 0 Å². The van der Waals surface area contributed by atoms with Crippen molar-refractivity contribution in [2.45, 2.75) is 58.5 Å². The number of anilines is 1. The van der Waals surface area contributed by atoms with Crippen molar-refractivity contribution >= 4 is 17.3 Å². The van der Waals surface area contributed by atoms with Gasteiger partial charge in [0.2, 0.25) is 5.95 Å². The van der Waals surface area contributed by atoms with Crippen molar-refractivity contribution in [1.29, 1.82) is 0 Å². The van der Waals surface area contributed by atoms with Crippen LogP contribution in [0.2, 0.25) is 0 Å². The number of nitrogens with one attached hydrogen (secondary N) is 1. The largest absolute Gasteiger partial charge is 0.353 e. The van der Waals surface area contributed by atoms with Crippen LogP contribution in [0, 0.1) is 13.8 Å². The third-order valence-electron chi connectivity index (χ3n) is 4.13. The predicted octanol–water partition coefficient (Wildman–Crippen LogP) is 4.53. The maximum atomic E-state index is 4.68. The molecule has 4 heteroatoms. The Morgan fingerprint density at radius 1 is 1.30 bits per heavy atom. The third-order valence-corrected chi connectivity index (χ3v) is 5.30. The SMILES string of the molecule is Cc1cn(C(C)c2ccc(C)s2)c(NC2CCCC2)n1. The Bertz CT molecular complexity index is 578. The van der Waals surface area contributed by atoms with Gasteiger partial charge >= 0.3 is 0 Å². The molecule has 1 N–H and O–H groups in total. The van der Waals surface area contributed by atoms with Gasteiger partial charge in [0.1, 0.15) is 0 Å². The first-order valence-corrected chi connectivity index (χ1v) is 8.33. The average molecular weight is 289 g/mol. The van der Waals surface area contributed by atoms with Gasteiger partial charge in [0.05, 0.1) is 11.7 Å². The zero-order chi connectivity index (χ0) is 14.1. The molecule has 1 aliphatic rings. The van der Waals surface area contributed by atoms with Crippen LogP contribution in [0.15, 0.2) is 18.3 Å². The van der Waals surface area contributed by atoms with Gasteiger partial charge in [-0.1, -0.05) is 12.8 Å². The molecule has 0 bridgehead atoms. The summed E-state index contributed by atoms with van der Waals surface area (Å²) >= 11 is 1.87. The molecule has 1 saturated carbocycles. The van der Waals surface area contributed by atoms with E-state index in [1.54, 1.807) is 0 Å². The van der Waals surface area contributed by atoms with Gasteiger partial charge in [0, 0.05) is 22.0 Å². The summed E-state index contributed by atoms with van der Waals surface area (Å²) < 4.78 is 2.29. The standard InChI is InChI=1S/C16H23N3S/c1-11-10-19(13(3)15-9-8-12(2)20-15)16(17-11)18-14-6-4-5-7-14/h8-10,13-14H,4-7H2,1-3H3,(H,17,18). The number of imidazole rings is 1. The molecule has 1 atom stereocenters. The lowest BCUT2D eigenvalue weighted by atomic mass is 10.2. The van der Waals surface area contributed by atoms with Crippen molar-refractivity contribution < 1.29 is 0 Å². The molecule has 2 aromatic heterocycles. The van der Waals surface area contributed by atoms with Gasteiger partial charge in [0.15, 0.2) is 0 Å². The topological polar surface area (TPSA) is 29.9 Å². The highest BCUT2D eigenvalue weighted by Crippen LogP contribution is 2.30. The summed E-state index contributed by atoms with van der Waals surface area (Å²) in [5, 5.41) is 3.64. The quantitative estimate of drug-likeness (QED) is 0.896. The van der Waals surface area contributed by atoms with Gasteiger partial charge in [-0.2, -0.15) is 0 Å². The first kappa shape index (κ1) is 13.7. The van der Waals surface area contributed by atoms with Gasteiger partial charge in [-0.15, -0.1) is 11.3 Å². The zero-order valence-electron chi connectivity index (χ0n) is 12.5. The molecule has 0 radical (unpaired) electrons. The first-order valence-electron chi connectivity index (χ1n) is 7.52. The number of aromatic nitrogens is 2. The van der Waals surface area contributed by atoms with Crippen molar-refractivity contribution in [3.63, 3.8) is 0 Å². The highest BCUT2D eigenvalue weighted by molar-refractivity contribution is 7.12. The summed E-state index contributed by atoms with van der Waals surface area (Å²) in [5.41, 5.74) is 1.09. The van der Waals surface area contributed by atoms with E-state index in [2.05, 4.69) is 54.0 Å². The van der Waals surface area contributed by atoms with Crippen LogP contribution < -0.4 is 5.32 Å². The maximum absolute atomic E-state index is 4.68. The van der Waals surface area contributed by atoms with E-state index < -0.39 is 0 Å². The fourth-order valence-corrected chi connectivity index (χ4v) is 3.91. The van der Waals surface area contributed by atoms with Crippen LogP contribution in [-0.4, -0.2) is 15.6 Å². The molecule has 20 heavy (non-hydrogen) atoms. The van der Waals surface area contributed by atoms with E-state index in [1.807, 2.05) is 11.3 Å². The Labute approximate surface area is 125 Å². The molecule has 3 rings (SSSR count). The maximum Gasteiger partial charge on any atom is 0.203 e. The van der Waals surface area contributed by atoms with Crippen molar-refractivity contribution in [3.8, 4) is 0 Å². The molecule has 2 heterocycles. The number of hydrogen-bond acceptors (Lipinski definition) is 3. The zero-order valence-corrected chi connectivity index (χ0v) is 13.3. The fraction of sp³-hybridized carbons (Fsp3) is 0.562. The smallest absolute Gasteiger partial charge is 0.203 e. The summed E-state index contributed by atoms with van der Waals surface area (Å²) in [6.07, 6.45) is 7.40. The van der Waals surface area contributed by atoms with Gasteiger partial charge in [-0.3, -0.25) is 0 Å². The lowest BCUT2D eigenvalue weighted by Gasteiger charge is -2.18. The number of nitrogens with zero attached hydrogens (tertiary/aromatic N) is 2. The Morgan fingerprint density at radius 3 is 2.70 bits per heavy atom. The van der Waals surface area contributed by atoms with Crippen molar-refractivity contribution in [2.75, 3.05) is 5.32 Å². The lowest BCUT2D eigenvalue weighted by molar-refractivity contribution is 0.639. The first-order chi connectivity index (χ1) is 9.63. The second-order valence-corrected chi connectivity index (χ2v) is 7.18. The van der Waals surface area contributed by atoms with E-state index >= 15 is 0 Å². The van der Waals surface area contributed by atoms with E-state index in [9.17, 15) is 0 Å². The molecular formula is C16H23N3S. The van der Waals surface area contributed by atoms with Crippen LogP contribution in [0.4, 0.5) is 5.95 Å². The molecular weight excluding hydrogens is 266 g/mol. The predicted molar refractivity (Wildman–Crippen MR) is 85.7 cm³/mol. The van der Waals surface area contributed by atoms with Gasteiger partial charge in [-0.25, -0.2) is 4.98 Å². The van der Waals surface area contributed by atoms with Crippen molar-refractivity contribution in [2.24, 2.45) is 0 Å². The van der Waals surface area contributed by atoms with Crippen LogP contribution in [0.5, 0.6) is 0 Å². The van der Waals surface area contributed by atoms with E-state index in [-0.39, 0.29) is 0 Å². The minimum atomic E-state index is 0.346. The molecule has 0 aromatic carbocycles. The molecule has 0 aliphatic heterocycles. The summed E-state index contributed by atoms with van der Waals surface area (Å²) in [6.45, 7) is 6.49. The van der Waals surface area contributed by atoms with Crippen LogP contribution in [0.25, 0.3) is 0 Å². The van der Waals surface area contributed by atoms with E-state index in [0.29, 0.717) is 12.1 Å². The summed E-state index contributed by atoms with van der Waals surface area (Å²) in [5.74, 6) is 1.04. The summed E-state index contributed by atoms with van der Waals surface area (Å²) in [6, 6.07) is 5.38. The molecule has 1 unspecified atom stereocenters. The van der Waals surface area contributed by atoms with Gasteiger partial charge in [-0.05, 0) is 45.7 Å². The molecule has 1 aliphatic carbocycles. The minimum absolute atomic E-state index is 0.346. The monoisotopic (exact) mass is 289 g/mol. The number of hydrogen-bond donors (Lipinski definition) is 1. The van der Waals surface area contributed by atoms with Crippen LogP contribution in [0.1, 0.15) is 54.1 Å². The van der Waals surface area contributed by atoms with Gasteiger partial charge in [0.25, 0.3) is 0 Å². The van der Waals surface area contributed by atoms with E-state index in [4.69, 9.17) is 0 Å². The number of aryl methyl sites for hydroxylation is 2. The average Bonchev–Trinajstić information content (AvgIpc) is 3.11.